The first kappa shape index (κ1) is 70.0. The number of anilines is 1. The van der Waals surface area contributed by atoms with Gasteiger partial charge in [-0.3, -0.25) is 44.4 Å². The fraction of sp³-hybridized carbons (Fsp3) is 0.661. The maximum atomic E-state index is 14.4. The average Bonchev–Trinajstić information content (AvgIpc) is 1.95. The highest BCUT2D eigenvalue weighted by atomic mass is 35.5. The van der Waals surface area contributed by atoms with E-state index in [-0.39, 0.29) is 63.4 Å². The summed E-state index contributed by atoms with van der Waals surface area (Å²) >= 11 is 6.82. The molecule has 0 radical (unpaired) electrons. The number of hydrazine groups is 1. The fourth-order valence-electron chi connectivity index (χ4n) is 9.27. The van der Waals surface area contributed by atoms with Crippen LogP contribution in [0.2, 0.25) is 5.02 Å². The molecule has 3 aliphatic rings. The number of rotatable bonds is 30. The maximum absolute atomic E-state index is 14.4. The van der Waals surface area contributed by atoms with E-state index in [0.717, 1.165) is 11.1 Å². The summed E-state index contributed by atoms with van der Waals surface area (Å²) in [5, 5.41) is 7.84. The molecular formula is C56H86ClN9O18. The number of alkyl carbamates (subject to hydrolysis) is 1. The van der Waals surface area contributed by atoms with Gasteiger partial charge in [0.25, 0.3) is 5.91 Å². The zero-order chi connectivity index (χ0) is 62.1. The number of amides is 8. The van der Waals surface area contributed by atoms with E-state index in [0.29, 0.717) is 63.9 Å². The molecule has 2 fully saturated rings. The molecule has 0 saturated carbocycles. The second kappa shape index (κ2) is 35.1. The van der Waals surface area contributed by atoms with Gasteiger partial charge in [0.15, 0.2) is 0 Å². The highest BCUT2D eigenvalue weighted by Gasteiger charge is 2.64. The average molecular weight is 1210 g/mol. The molecule has 8 amide bonds. The lowest BCUT2D eigenvalue weighted by molar-refractivity contribution is -0.162. The molecule has 470 valence electrons. The minimum atomic E-state index is -1.41. The zero-order valence-corrected chi connectivity index (χ0v) is 50.3. The van der Waals surface area contributed by atoms with Crippen molar-refractivity contribution in [2.24, 2.45) is 17.4 Å². The number of primary amides is 1. The van der Waals surface area contributed by atoms with Crippen molar-refractivity contribution in [2.75, 3.05) is 92.6 Å². The van der Waals surface area contributed by atoms with Crippen LogP contribution >= 0.6 is 11.6 Å². The molecule has 0 aliphatic carbocycles. The predicted molar refractivity (Wildman–Crippen MR) is 305 cm³/mol. The summed E-state index contributed by atoms with van der Waals surface area (Å²) in [7, 11) is 6.00. The highest BCUT2D eigenvalue weighted by Crippen LogP contribution is 2.49. The van der Waals surface area contributed by atoms with E-state index in [1.165, 1.54) is 37.8 Å². The molecule has 3 heterocycles. The van der Waals surface area contributed by atoms with Crippen LogP contribution in [0.5, 0.6) is 5.75 Å². The molecular weight excluding hydrogens is 1120 g/mol. The van der Waals surface area contributed by atoms with Gasteiger partial charge in [0, 0.05) is 59.4 Å². The molecule has 2 saturated heterocycles. The number of ether oxygens (including phenoxy) is 9. The van der Waals surface area contributed by atoms with Gasteiger partial charge in [0.1, 0.15) is 46.7 Å². The van der Waals surface area contributed by atoms with Crippen molar-refractivity contribution in [3.8, 4) is 5.75 Å². The van der Waals surface area contributed by atoms with Gasteiger partial charge in [-0.25, -0.2) is 9.59 Å². The normalized spacial score (nSPS) is 23.6. The smallest absolute Gasteiger partial charge is 0.407 e. The van der Waals surface area contributed by atoms with Gasteiger partial charge in [-0.1, -0.05) is 42.3 Å². The number of allylic oxidation sites excluding steroid dienone is 3. The first-order valence-corrected chi connectivity index (χ1v) is 28.4. The van der Waals surface area contributed by atoms with Crippen LogP contribution in [0.15, 0.2) is 35.9 Å². The monoisotopic (exact) mass is 1210 g/mol. The molecule has 84 heavy (non-hydrogen) atoms. The number of halogens is 1. The summed E-state index contributed by atoms with van der Waals surface area (Å²) in [5.41, 5.74) is 16.0. The molecule has 4 bridgehead atoms. The number of epoxide rings is 1. The Morgan fingerprint density at radius 3 is 2.17 bits per heavy atom. The molecule has 10 atom stereocenters. The van der Waals surface area contributed by atoms with Crippen LogP contribution in [0.25, 0.3) is 0 Å². The van der Waals surface area contributed by atoms with Crippen LogP contribution in [0.1, 0.15) is 91.5 Å². The third-order valence-corrected chi connectivity index (χ3v) is 14.9. The minimum absolute atomic E-state index is 0.0135. The van der Waals surface area contributed by atoms with Gasteiger partial charge in [-0.05, 0) is 64.7 Å². The second-order valence-corrected chi connectivity index (χ2v) is 21.3. The van der Waals surface area contributed by atoms with Crippen molar-refractivity contribution < 1.29 is 85.8 Å². The molecule has 0 aromatic heterocycles. The molecule has 28 heteroatoms. The van der Waals surface area contributed by atoms with E-state index in [4.69, 9.17) is 65.7 Å². The highest BCUT2D eigenvalue weighted by molar-refractivity contribution is 6.35. The Labute approximate surface area is 495 Å². The predicted octanol–water partition coefficient (Wildman–Crippen LogP) is 1.18. The van der Waals surface area contributed by atoms with Gasteiger partial charge in [0.2, 0.25) is 35.4 Å². The third-order valence-electron chi connectivity index (χ3n) is 14.5. The van der Waals surface area contributed by atoms with Crippen LogP contribution in [0.4, 0.5) is 10.5 Å². The maximum Gasteiger partial charge on any atom is 0.407 e. The zero-order valence-electron chi connectivity index (χ0n) is 49.6. The van der Waals surface area contributed by atoms with Crippen molar-refractivity contribution in [2.45, 2.75) is 147 Å². The number of fused-ring (bicyclic) bond motifs is 5. The van der Waals surface area contributed by atoms with Crippen molar-refractivity contribution in [1.82, 2.24) is 31.7 Å². The number of unbranched alkanes of at least 4 members (excludes halogenated alkanes) is 1. The third kappa shape index (κ3) is 22.2. The Balaban J connectivity index is 1.28. The van der Waals surface area contributed by atoms with E-state index in [1.54, 1.807) is 33.2 Å². The minimum Gasteiger partial charge on any atom is -0.495 e. The first-order chi connectivity index (χ1) is 39.9. The molecule has 4 rings (SSSR count). The SMILES string of the molecule is COc1cc2cc(c1Cl)N(C)C(=O)C[C@H](OC(=O)[C@H](C)N(C)C(=O)CCCCC(=O)NNC(=O)[C@H](C)NC(=O)[C@H](CC(N)=O)NC(=O)CCOCCOCCOCCOCCN)[C@]1(C)O[C@H]1[C@H](C)[C@@H]1C[C@@H](NC(=O)O1)[C@H](OC)/C=C/C=C(\C)C2. The lowest BCUT2D eigenvalue weighted by Crippen LogP contribution is -2.55. The number of esters is 1. The van der Waals surface area contributed by atoms with Crippen LogP contribution in [-0.4, -0.2) is 200 Å². The van der Waals surface area contributed by atoms with Crippen LogP contribution < -0.4 is 47.9 Å². The first-order valence-electron chi connectivity index (χ1n) is 28.0. The molecule has 9 N–H and O–H groups in total. The summed E-state index contributed by atoms with van der Waals surface area (Å²) in [6.45, 7) is 11.2. The van der Waals surface area contributed by atoms with Gasteiger partial charge < -0.3 is 79.8 Å². The Morgan fingerprint density at radius 2 is 1.54 bits per heavy atom. The molecule has 3 aliphatic heterocycles. The van der Waals surface area contributed by atoms with Crippen molar-refractivity contribution in [3.63, 3.8) is 0 Å². The number of carbonyl (C=O) groups is 9. The van der Waals surface area contributed by atoms with Crippen LogP contribution in [-0.2, 0) is 82.7 Å². The number of hydrogen-bond donors (Lipinski definition) is 7. The van der Waals surface area contributed by atoms with Crippen molar-refractivity contribution >= 4 is 70.7 Å². The summed E-state index contributed by atoms with van der Waals surface area (Å²) in [5.74, 6) is -5.69. The lowest BCUT2D eigenvalue weighted by atomic mass is 9.84. The molecule has 1 aromatic carbocycles. The van der Waals surface area contributed by atoms with Gasteiger partial charge >= 0.3 is 12.1 Å². The number of carbonyl (C=O) groups excluding carboxylic acids is 9. The molecule has 0 spiro atoms. The Hall–Kier alpha value is -6.46. The summed E-state index contributed by atoms with van der Waals surface area (Å²) in [6, 6.07) is -0.684. The van der Waals surface area contributed by atoms with E-state index in [1.807, 2.05) is 32.1 Å². The van der Waals surface area contributed by atoms with E-state index >= 15 is 0 Å². The number of benzene rings is 1. The van der Waals surface area contributed by atoms with Gasteiger partial charge in [0.05, 0.1) is 96.7 Å². The quantitative estimate of drug-likeness (QED) is 0.0246. The summed E-state index contributed by atoms with van der Waals surface area (Å²) in [4.78, 5) is 120. The number of methoxy groups -OCH3 is 2. The number of nitrogens with zero attached hydrogens (tertiary/aromatic N) is 2. The summed E-state index contributed by atoms with van der Waals surface area (Å²) in [6.07, 6.45) is 1.94. The number of likely N-dealkylation sites (N-methyl/N-ethyl adjacent to an activating group) is 1. The van der Waals surface area contributed by atoms with Gasteiger partial charge in [-0.15, -0.1) is 0 Å². The fourth-order valence-corrected chi connectivity index (χ4v) is 9.59. The lowest BCUT2D eigenvalue weighted by Gasteiger charge is -2.36. The Bertz CT molecular complexity index is 2490. The standard InChI is InChI=1S/C56H86ClN9O18/c1-33-13-12-14-41(76-8)38-30-42(82-55(75)62-38)34(2)51-56(5,84-51)44(32-49(71)66(7)40-28-37(27-33)29-43(77-9)50(40)57)83-54(74)36(4)65(6)48(70)16-11-10-15-47(69)63-64-52(72)35(3)60-53(73)39(31-45(59)67)61-46(68)17-19-78-21-23-80-25-26-81-24-22-79-20-18-58/h12-14,28-29,34-36,38-39,41-42,44,51H,10-11,15-27,30-32,58H2,1-9H3,(H2,59,67)(H,60,73)(H,61,68)(H,62,75)(H,63,69)(H,64,72)/b14-12+,33-13+/t34-,35+,36+,38-,39+,41-,42+,44+,51+,56+/m1/s1. The van der Waals surface area contributed by atoms with Crippen molar-refractivity contribution in [3.05, 3.63) is 46.5 Å². The number of nitrogens with one attached hydrogen (secondary N) is 5. The topological polar surface area (TPSA) is 359 Å². The Kier molecular flexibility index (Phi) is 29.3. The summed E-state index contributed by atoms with van der Waals surface area (Å²) < 4.78 is 51.0. The van der Waals surface area contributed by atoms with E-state index in [2.05, 4.69) is 26.8 Å². The second-order valence-electron chi connectivity index (χ2n) is 20.9. The molecule has 1 aromatic rings. The molecule has 0 unspecified atom stereocenters. The Morgan fingerprint density at radius 1 is 0.893 bits per heavy atom. The molecule has 27 nitrogen and oxygen atoms in total. The number of hydrogen-bond acceptors (Lipinski definition) is 19. The van der Waals surface area contributed by atoms with E-state index < -0.39 is 120 Å². The van der Waals surface area contributed by atoms with Crippen molar-refractivity contribution in [1.29, 1.82) is 0 Å². The largest absolute Gasteiger partial charge is 0.495 e. The van der Waals surface area contributed by atoms with Crippen LogP contribution in [0.3, 0.4) is 0 Å². The number of nitrogens with two attached hydrogens (primary N) is 2. The van der Waals surface area contributed by atoms with Gasteiger partial charge in [-0.2, -0.15) is 0 Å². The van der Waals surface area contributed by atoms with Crippen LogP contribution in [0, 0.1) is 5.92 Å². The van der Waals surface area contributed by atoms with E-state index in [9.17, 15) is 43.2 Å².